The lowest BCUT2D eigenvalue weighted by Crippen LogP contribution is -2.42. The number of anilines is 2. The van der Waals surface area contributed by atoms with Gasteiger partial charge in [0.2, 0.25) is 0 Å². The van der Waals surface area contributed by atoms with E-state index in [2.05, 4.69) is 20.2 Å². The van der Waals surface area contributed by atoms with Crippen molar-refractivity contribution in [3.63, 3.8) is 0 Å². The zero-order valence-corrected chi connectivity index (χ0v) is 21.3. The lowest BCUT2D eigenvalue weighted by molar-refractivity contribution is -0.137. The number of nitrogens with one attached hydrogen (secondary N) is 1. The smallest absolute Gasteiger partial charge is 0.385 e. The minimum Gasteiger partial charge on any atom is -0.385 e. The highest BCUT2D eigenvalue weighted by atomic mass is 32.1. The van der Waals surface area contributed by atoms with Gasteiger partial charge in [0, 0.05) is 18.7 Å². The molecular weight excluding hydrogens is 513 g/mol. The molecule has 4 aromatic rings. The van der Waals surface area contributed by atoms with Crippen LogP contribution in [0.5, 0.6) is 0 Å². The van der Waals surface area contributed by atoms with E-state index in [-0.39, 0.29) is 5.91 Å². The van der Waals surface area contributed by atoms with Gasteiger partial charge in [-0.2, -0.15) is 13.2 Å². The average Bonchev–Trinajstić information content (AvgIpc) is 3.31. The van der Waals surface area contributed by atoms with Gasteiger partial charge in [-0.25, -0.2) is 9.97 Å². The third-order valence-corrected chi connectivity index (χ3v) is 7.90. The lowest BCUT2D eigenvalue weighted by Gasteiger charge is -2.39. The Balaban J connectivity index is 1.22. The summed E-state index contributed by atoms with van der Waals surface area (Å²) in [4.78, 5) is 24.3. The molecule has 1 aliphatic heterocycles. The van der Waals surface area contributed by atoms with Crippen molar-refractivity contribution in [3.05, 3.63) is 94.6 Å². The molecule has 196 valence electrons. The molecule has 0 bridgehead atoms. The molecule has 1 amide bonds. The zero-order valence-electron chi connectivity index (χ0n) is 20.5. The maximum absolute atomic E-state index is 12.9. The van der Waals surface area contributed by atoms with Crippen molar-refractivity contribution >= 4 is 28.7 Å². The summed E-state index contributed by atoms with van der Waals surface area (Å²) < 4.78 is 38.5. The van der Waals surface area contributed by atoms with Gasteiger partial charge in [-0.15, -0.1) is 11.3 Å². The van der Waals surface area contributed by atoms with Crippen LogP contribution in [0.1, 0.15) is 39.3 Å². The minimum absolute atomic E-state index is 0.362. The van der Waals surface area contributed by atoms with Crippen LogP contribution in [0.2, 0.25) is 0 Å². The summed E-state index contributed by atoms with van der Waals surface area (Å²) in [5.41, 5.74) is 0.853. The summed E-state index contributed by atoms with van der Waals surface area (Å²) in [6.07, 6.45) is -1.66. The number of thiazole rings is 1. The van der Waals surface area contributed by atoms with E-state index in [0.29, 0.717) is 52.8 Å². The molecule has 0 atom stereocenters. The van der Waals surface area contributed by atoms with Gasteiger partial charge in [-0.3, -0.25) is 4.79 Å². The van der Waals surface area contributed by atoms with Gasteiger partial charge in [0.05, 0.1) is 28.7 Å². The number of aromatic nitrogens is 2. The standard InChI is InChI=1S/C28H25F3N4O2S/c1-18-24(38-26(33-18)19-7-9-21(10-8-19)28(29,30)31)25(36)34-22-11-12-23(32-17-22)35-15-13-27(37,14-16-35)20-5-3-2-4-6-20/h2-12,17,37H,13-16H2,1H3,(H,34,36). The number of hydrogen-bond acceptors (Lipinski definition) is 6. The molecule has 0 unspecified atom stereocenters. The predicted octanol–water partition coefficient (Wildman–Crippen LogP) is 6.27. The van der Waals surface area contributed by atoms with Gasteiger partial charge in [-0.05, 0) is 49.6 Å². The normalized spacial score (nSPS) is 15.3. The molecule has 1 saturated heterocycles. The van der Waals surface area contributed by atoms with Crippen LogP contribution >= 0.6 is 11.3 Å². The SMILES string of the molecule is Cc1nc(-c2ccc(C(F)(F)F)cc2)sc1C(=O)Nc1ccc(N2CCC(O)(c3ccccc3)CC2)nc1. The Morgan fingerprint density at radius 2 is 1.71 bits per heavy atom. The van der Waals surface area contributed by atoms with E-state index in [9.17, 15) is 23.1 Å². The second kappa shape index (κ2) is 10.2. The summed E-state index contributed by atoms with van der Waals surface area (Å²) in [5.74, 6) is 0.398. The lowest BCUT2D eigenvalue weighted by atomic mass is 9.84. The monoisotopic (exact) mass is 538 g/mol. The number of pyridine rings is 1. The molecule has 1 aliphatic rings. The number of piperidine rings is 1. The first-order valence-corrected chi connectivity index (χ1v) is 12.9. The van der Waals surface area contributed by atoms with Crippen LogP contribution in [-0.2, 0) is 11.8 Å². The van der Waals surface area contributed by atoms with Gasteiger partial charge in [0.15, 0.2) is 0 Å². The van der Waals surface area contributed by atoms with Crippen LogP contribution in [0.4, 0.5) is 24.7 Å². The third-order valence-electron chi connectivity index (χ3n) is 6.69. The molecule has 38 heavy (non-hydrogen) atoms. The highest BCUT2D eigenvalue weighted by Gasteiger charge is 2.34. The fraction of sp³-hybridized carbons (Fsp3) is 0.250. The van der Waals surface area contributed by atoms with Gasteiger partial charge in [-0.1, -0.05) is 42.5 Å². The summed E-state index contributed by atoms with van der Waals surface area (Å²) in [6, 6.07) is 18.0. The van der Waals surface area contributed by atoms with Crippen LogP contribution in [0, 0.1) is 6.92 Å². The third kappa shape index (κ3) is 5.41. The summed E-state index contributed by atoms with van der Waals surface area (Å²) in [6.45, 7) is 2.99. The fourth-order valence-corrected chi connectivity index (χ4v) is 5.48. The molecule has 0 radical (unpaired) electrons. The fourth-order valence-electron chi connectivity index (χ4n) is 4.51. The molecule has 2 aromatic carbocycles. The molecule has 6 nitrogen and oxygen atoms in total. The molecule has 2 aromatic heterocycles. The van der Waals surface area contributed by atoms with E-state index in [1.165, 1.54) is 12.1 Å². The highest BCUT2D eigenvalue weighted by molar-refractivity contribution is 7.17. The van der Waals surface area contributed by atoms with Crippen molar-refractivity contribution < 1.29 is 23.1 Å². The number of alkyl halides is 3. The number of aryl methyl sites for hydroxylation is 1. The Morgan fingerprint density at radius 1 is 1.03 bits per heavy atom. The highest BCUT2D eigenvalue weighted by Crippen LogP contribution is 2.35. The molecule has 5 rings (SSSR count). The minimum atomic E-state index is -4.41. The summed E-state index contributed by atoms with van der Waals surface area (Å²) in [5, 5.41) is 14.3. The Morgan fingerprint density at radius 3 is 2.32 bits per heavy atom. The van der Waals surface area contributed by atoms with Crippen molar-refractivity contribution in [1.29, 1.82) is 0 Å². The van der Waals surface area contributed by atoms with Gasteiger partial charge in [0.1, 0.15) is 15.7 Å². The second-order valence-electron chi connectivity index (χ2n) is 9.25. The molecule has 0 saturated carbocycles. The first-order chi connectivity index (χ1) is 18.1. The topological polar surface area (TPSA) is 78.4 Å². The Labute approximate surface area is 221 Å². The van der Waals surface area contributed by atoms with Crippen molar-refractivity contribution in [3.8, 4) is 10.6 Å². The van der Waals surface area contributed by atoms with Crippen LogP contribution in [0.3, 0.4) is 0 Å². The molecule has 1 fully saturated rings. The first kappa shape index (κ1) is 25.9. The number of nitrogens with zero attached hydrogens (tertiary/aromatic N) is 3. The van der Waals surface area contributed by atoms with E-state index >= 15 is 0 Å². The number of halogens is 3. The number of aliphatic hydroxyl groups is 1. The van der Waals surface area contributed by atoms with Crippen molar-refractivity contribution in [2.75, 3.05) is 23.3 Å². The number of amides is 1. The van der Waals surface area contributed by atoms with Crippen molar-refractivity contribution in [2.24, 2.45) is 0 Å². The van der Waals surface area contributed by atoms with E-state index in [0.717, 1.165) is 34.9 Å². The molecule has 2 N–H and O–H groups in total. The molecule has 0 spiro atoms. The van der Waals surface area contributed by atoms with Crippen molar-refractivity contribution in [1.82, 2.24) is 9.97 Å². The van der Waals surface area contributed by atoms with Crippen molar-refractivity contribution in [2.45, 2.75) is 31.5 Å². The zero-order chi connectivity index (χ0) is 26.9. The number of benzene rings is 2. The quantitative estimate of drug-likeness (QED) is 0.313. The van der Waals surface area contributed by atoms with Crippen LogP contribution in [0.25, 0.3) is 10.6 Å². The van der Waals surface area contributed by atoms with Crippen LogP contribution in [0.15, 0.2) is 72.9 Å². The van der Waals surface area contributed by atoms with Crippen LogP contribution < -0.4 is 10.2 Å². The Bertz CT molecular complexity index is 1410. The summed E-state index contributed by atoms with van der Waals surface area (Å²) >= 11 is 1.12. The Hall–Kier alpha value is -3.76. The number of carbonyl (C=O) groups is 1. The molecule has 10 heteroatoms. The summed E-state index contributed by atoms with van der Waals surface area (Å²) in [7, 11) is 0. The van der Waals surface area contributed by atoms with Gasteiger partial charge >= 0.3 is 6.18 Å². The molecule has 0 aliphatic carbocycles. The van der Waals surface area contributed by atoms with Gasteiger partial charge in [0.25, 0.3) is 5.91 Å². The number of carbonyl (C=O) groups excluding carboxylic acids is 1. The van der Waals surface area contributed by atoms with E-state index < -0.39 is 17.3 Å². The molecule has 3 heterocycles. The van der Waals surface area contributed by atoms with Gasteiger partial charge < -0.3 is 15.3 Å². The van der Waals surface area contributed by atoms with E-state index in [4.69, 9.17) is 0 Å². The van der Waals surface area contributed by atoms with E-state index in [1.54, 1.807) is 19.2 Å². The maximum Gasteiger partial charge on any atom is 0.416 e. The average molecular weight is 539 g/mol. The van der Waals surface area contributed by atoms with Crippen LogP contribution in [-0.4, -0.2) is 34.1 Å². The molecular formula is C28H25F3N4O2S. The second-order valence-corrected chi connectivity index (χ2v) is 10.3. The first-order valence-electron chi connectivity index (χ1n) is 12.1. The number of hydrogen-bond donors (Lipinski definition) is 2. The Kier molecular flexibility index (Phi) is 6.93. The largest absolute Gasteiger partial charge is 0.416 e. The predicted molar refractivity (Wildman–Crippen MR) is 141 cm³/mol. The van der Waals surface area contributed by atoms with E-state index in [1.807, 2.05) is 36.4 Å². The number of rotatable bonds is 5. The maximum atomic E-state index is 12.9.